The van der Waals surface area contributed by atoms with Crippen LogP contribution in [0.1, 0.15) is 24.9 Å². The average molecular weight is 1840 g/mol. The van der Waals surface area contributed by atoms with Crippen molar-refractivity contribution in [3.8, 4) is 45.7 Å². The van der Waals surface area contributed by atoms with Gasteiger partial charge in [0, 0.05) is 178 Å². The van der Waals surface area contributed by atoms with E-state index < -0.39 is 0 Å². The maximum Gasteiger partial charge on any atom is 0.119 e. The predicted molar refractivity (Wildman–Crippen MR) is 588 cm³/mol. The number of hydrogen-bond donors (Lipinski definition) is 0. The first-order valence-electron chi connectivity index (χ1n) is 48.5. The molecular weight excluding hydrogens is 1740 g/mol. The average Bonchev–Trinajstić information content (AvgIpc) is 1.54. The molecule has 0 aliphatic heterocycles. The molecule has 0 radical (unpaired) electrons. The lowest BCUT2D eigenvalue weighted by molar-refractivity contribution is 0.205. The van der Waals surface area contributed by atoms with Crippen LogP contribution in [0.25, 0.3) is 154 Å². The van der Waals surface area contributed by atoms with Gasteiger partial charge in [-0.15, -0.1) is 0 Å². The summed E-state index contributed by atoms with van der Waals surface area (Å²) in [7, 11) is 6.95. The number of nitrogens with zero attached hydrogens (tertiary/aromatic N) is 10. The van der Waals surface area contributed by atoms with E-state index in [1.807, 2.05) is 0 Å². The van der Waals surface area contributed by atoms with Gasteiger partial charge in [-0.05, 0) is 328 Å². The zero-order valence-electron chi connectivity index (χ0n) is 78.6. The van der Waals surface area contributed by atoms with Crippen LogP contribution in [0.2, 0.25) is 0 Å². The molecule has 2 unspecified atom stereocenters. The Bertz CT molecular complexity index is 8360. The highest BCUT2D eigenvalue weighted by Gasteiger charge is 2.39. The van der Waals surface area contributed by atoms with Crippen molar-refractivity contribution in [3.63, 3.8) is 0 Å². The summed E-state index contributed by atoms with van der Waals surface area (Å²) in [4.78, 5) is 9.70. The second-order valence-electron chi connectivity index (χ2n) is 36.9. The van der Waals surface area contributed by atoms with Crippen molar-refractivity contribution in [2.24, 2.45) is 0 Å². The normalized spacial score (nSPS) is 13.3. The SMILES string of the molecule is COc1ccc(N(c2ccc3c(c2)c2ccccc2n3-c2ccccc2)c2ccc3c(c2)c2cc(N(c4ccc(OC)cc4)c4ccc5c(c4)c4ccccc4n5-c4ccccc4)ccc2n3C2CCC2n2c3ccc(N(c4ccc(OC)cc4)c4ccc5c(c4)c4ccccc4n5-c4ccccc4)cc3c3cc(N(c4ccc(OC)cc4)c4ccc5c(c4)c4ccccc4n5-c4ccccc4)ccc32)cc1. The topological polar surface area (TPSA) is 79.5 Å². The maximum atomic E-state index is 5.93. The third kappa shape index (κ3) is 13.5. The summed E-state index contributed by atoms with van der Waals surface area (Å²) in [5.41, 5.74) is 30.1. The molecule has 0 amide bonds. The highest BCUT2D eigenvalue weighted by atomic mass is 16.5. The van der Waals surface area contributed by atoms with Crippen LogP contribution in [-0.2, 0) is 0 Å². The van der Waals surface area contributed by atoms with Crippen molar-refractivity contribution in [2.45, 2.75) is 24.9 Å². The van der Waals surface area contributed by atoms with Crippen molar-refractivity contribution < 1.29 is 18.9 Å². The van der Waals surface area contributed by atoms with E-state index >= 15 is 0 Å². The van der Waals surface area contributed by atoms with Crippen LogP contribution in [0.4, 0.5) is 68.2 Å². The summed E-state index contributed by atoms with van der Waals surface area (Å²) in [6.07, 6.45) is 1.83. The molecule has 1 saturated carbocycles. The molecule has 6 heterocycles. The van der Waals surface area contributed by atoms with Gasteiger partial charge in [0.15, 0.2) is 0 Å². The van der Waals surface area contributed by atoms with Gasteiger partial charge in [0.25, 0.3) is 0 Å². The Labute approximate surface area is 819 Å². The van der Waals surface area contributed by atoms with Gasteiger partial charge in [-0.25, -0.2) is 0 Å². The van der Waals surface area contributed by atoms with E-state index in [4.69, 9.17) is 18.9 Å². The Morgan fingerprint density at radius 3 is 0.514 bits per heavy atom. The molecule has 0 spiro atoms. The zero-order chi connectivity index (χ0) is 94.3. The largest absolute Gasteiger partial charge is 0.497 e. The molecule has 142 heavy (non-hydrogen) atoms. The maximum absolute atomic E-state index is 5.93. The summed E-state index contributed by atoms with van der Waals surface area (Å²) >= 11 is 0. The van der Waals surface area contributed by atoms with Gasteiger partial charge >= 0.3 is 0 Å². The Balaban J connectivity index is 0.682. The van der Waals surface area contributed by atoms with Crippen molar-refractivity contribution in [2.75, 3.05) is 48.0 Å². The smallest absolute Gasteiger partial charge is 0.119 e. The number of ether oxygens (including phenoxy) is 4. The lowest BCUT2D eigenvalue weighted by Gasteiger charge is -2.41. The molecule has 1 fully saturated rings. The standard InChI is InChI=1S/C128H94N10O4/c1-139-99-57-41-87(42-58-99)129(91-49-65-119-107(75-91)103-33-17-21-37-115(103)133(119)83-25-9-5-10-26-83)95-53-69-123-111(79-95)112-80-96(130(88-43-59-100(140-2)60-44-88)92-50-66-120-108(76-92)104-34-18-22-38-116(104)134(120)84-27-11-6-12-28-84)54-70-124(112)137(123)127-73-74-128(127)138-125-71-55-97(131(89-45-61-101(141-3)62-46-89)93-51-67-121-109(77-93)105-35-19-23-39-117(105)135(121)85-29-13-7-14-30-85)81-113(125)114-82-98(56-72-126(114)138)132(90-47-63-102(142-4)64-48-90)94-52-68-122-110(78-94)106-36-20-24-40-118(106)136(122)86-31-15-8-16-32-86/h5-72,75-82,127-128H,73-74H2,1-4H3. The molecule has 14 heteroatoms. The van der Waals surface area contributed by atoms with Crippen LogP contribution in [-0.4, -0.2) is 55.8 Å². The van der Waals surface area contributed by atoms with E-state index in [0.717, 1.165) is 236 Å². The lowest BCUT2D eigenvalue weighted by atomic mass is 9.85. The van der Waals surface area contributed by atoms with Crippen molar-refractivity contribution in [1.82, 2.24) is 27.4 Å². The van der Waals surface area contributed by atoms with Crippen molar-refractivity contribution in [3.05, 3.63) is 461 Å². The van der Waals surface area contributed by atoms with E-state index in [9.17, 15) is 0 Å². The third-order valence-electron chi connectivity index (χ3n) is 29.5. The number of para-hydroxylation sites is 8. The van der Waals surface area contributed by atoms with Gasteiger partial charge < -0.3 is 65.9 Å². The Morgan fingerprint density at radius 2 is 0.324 bits per heavy atom. The van der Waals surface area contributed by atoms with Gasteiger partial charge in [-0.1, -0.05) is 146 Å². The fraction of sp³-hybridized carbons (Fsp3) is 0.0625. The lowest BCUT2D eigenvalue weighted by Crippen LogP contribution is -2.31. The van der Waals surface area contributed by atoms with Crippen LogP contribution in [0, 0.1) is 0 Å². The molecule has 0 saturated heterocycles. The minimum atomic E-state index is -0.0417. The molecule has 0 N–H and O–H groups in total. The second-order valence-corrected chi connectivity index (χ2v) is 36.9. The van der Waals surface area contributed by atoms with Gasteiger partial charge in [0.2, 0.25) is 0 Å². The molecule has 26 aromatic rings. The zero-order valence-corrected chi connectivity index (χ0v) is 78.6. The number of benzene rings is 20. The van der Waals surface area contributed by atoms with Crippen LogP contribution >= 0.6 is 0 Å². The summed E-state index contributed by atoms with van der Waals surface area (Å²) in [5.74, 6) is 3.11. The number of hydrogen-bond acceptors (Lipinski definition) is 8. The van der Waals surface area contributed by atoms with Crippen molar-refractivity contribution >= 4 is 199 Å². The molecule has 6 aromatic heterocycles. The first-order valence-corrected chi connectivity index (χ1v) is 48.5. The molecule has 1 aliphatic rings. The molecule has 27 rings (SSSR count). The van der Waals surface area contributed by atoms with Gasteiger partial charge in [0.05, 0.1) is 84.7 Å². The van der Waals surface area contributed by atoms with E-state index in [1.165, 1.54) is 21.5 Å². The summed E-state index contributed by atoms with van der Waals surface area (Å²) in [5, 5.41) is 13.8. The first kappa shape index (κ1) is 83.0. The molecule has 14 nitrogen and oxygen atoms in total. The van der Waals surface area contributed by atoms with E-state index in [1.54, 1.807) is 28.4 Å². The molecule has 0 bridgehead atoms. The first-order chi connectivity index (χ1) is 70.2. The van der Waals surface area contributed by atoms with E-state index in [2.05, 4.69) is 508 Å². The Hall–Kier alpha value is -18.4. The number of anilines is 12. The fourth-order valence-electron chi connectivity index (χ4n) is 22.9. The van der Waals surface area contributed by atoms with E-state index in [-0.39, 0.29) is 12.1 Å². The second kappa shape index (κ2) is 33.8. The van der Waals surface area contributed by atoms with Gasteiger partial charge in [-0.3, -0.25) is 0 Å². The minimum Gasteiger partial charge on any atom is -0.497 e. The molecule has 680 valence electrons. The number of fused-ring (bicyclic) bond motifs is 18. The van der Waals surface area contributed by atoms with Crippen LogP contribution in [0.15, 0.2) is 461 Å². The predicted octanol–water partition coefficient (Wildman–Crippen LogP) is 33.8. The van der Waals surface area contributed by atoms with Gasteiger partial charge in [-0.2, -0.15) is 0 Å². The number of methoxy groups -OCH3 is 4. The third-order valence-corrected chi connectivity index (χ3v) is 29.5. The highest BCUT2D eigenvalue weighted by molar-refractivity contribution is 6.18. The van der Waals surface area contributed by atoms with Crippen LogP contribution < -0.4 is 38.5 Å². The Morgan fingerprint density at radius 1 is 0.162 bits per heavy atom. The fourth-order valence-corrected chi connectivity index (χ4v) is 22.9. The van der Waals surface area contributed by atoms with E-state index in [0.29, 0.717) is 0 Å². The van der Waals surface area contributed by atoms with Gasteiger partial charge in [0.1, 0.15) is 23.0 Å². The number of rotatable bonds is 22. The molecular formula is C128H94N10O4. The summed E-state index contributed by atoms with van der Waals surface area (Å²) in [6, 6.07) is 169. The van der Waals surface area contributed by atoms with Crippen LogP contribution in [0.3, 0.4) is 0 Å². The summed E-state index contributed by atoms with van der Waals surface area (Å²) < 4.78 is 38.7. The van der Waals surface area contributed by atoms with Crippen LogP contribution in [0.5, 0.6) is 23.0 Å². The quantitative estimate of drug-likeness (QED) is 0.0664. The molecule has 1 aliphatic carbocycles. The van der Waals surface area contributed by atoms with Crippen molar-refractivity contribution in [1.29, 1.82) is 0 Å². The monoisotopic (exact) mass is 1830 g/mol. The number of aromatic nitrogens is 6. The molecule has 2 atom stereocenters. The summed E-state index contributed by atoms with van der Waals surface area (Å²) in [6.45, 7) is 0. The molecule has 20 aromatic carbocycles. The minimum absolute atomic E-state index is 0.0417. The highest BCUT2D eigenvalue weighted by Crippen LogP contribution is 2.55. The Kier molecular flexibility index (Phi) is 19.8.